The Morgan fingerprint density at radius 3 is 2.50 bits per heavy atom. The van der Waals surface area contributed by atoms with E-state index in [2.05, 4.69) is 0 Å². The highest BCUT2D eigenvalue weighted by molar-refractivity contribution is 6.05. The molecule has 2 aromatic rings. The summed E-state index contributed by atoms with van der Waals surface area (Å²) < 4.78 is 0. The van der Waals surface area contributed by atoms with E-state index in [0.29, 0.717) is 17.7 Å². The number of benzene rings is 2. The number of fused-ring (bicyclic) bond motifs is 1. The Balaban J connectivity index is 1.89. The van der Waals surface area contributed by atoms with Crippen LogP contribution in [0.5, 0.6) is 0 Å². The summed E-state index contributed by atoms with van der Waals surface area (Å²) in [5.41, 5.74) is 7.28. The Kier molecular flexibility index (Phi) is 2.78. The molecule has 0 atom stereocenters. The van der Waals surface area contributed by atoms with Gasteiger partial charge in [0.15, 0.2) is 5.78 Å². The summed E-state index contributed by atoms with van der Waals surface area (Å²) in [6, 6.07) is 11.8. The maximum absolute atomic E-state index is 12.2. The standard InChI is InChI=1S/C16H17NO/c17-15-10-13-4-2-1-3-12(13)9-14(15)16(18)8-7-11-5-6-11/h1-4,9-11H,5-8,17H2. The van der Waals surface area contributed by atoms with Gasteiger partial charge in [0.25, 0.3) is 0 Å². The van der Waals surface area contributed by atoms with Crippen molar-refractivity contribution in [2.24, 2.45) is 5.92 Å². The Hall–Kier alpha value is -1.83. The Morgan fingerprint density at radius 1 is 1.17 bits per heavy atom. The van der Waals surface area contributed by atoms with Gasteiger partial charge in [-0.1, -0.05) is 37.1 Å². The predicted molar refractivity (Wildman–Crippen MR) is 74.6 cm³/mol. The van der Waals surface area contributed by atoms with Gasteiger partial charge in [-0.15, -0.1) is 0 Å². The van der Waals surface area contributed by atoms with Gasteiger partial charge >= 0.3 is 0 Å². The number of carbonyl (C=O) groups excluding carboxylic acids is 1. The molecule has 0 bridgehead atoms. The molecule has 3 rings (SSSR count). The average molecular weight is 239 g/mol. The number of nitrogen functional groups attached to an aromatic ring is 1. The summed E-state index contributed by atoms with van der Waals surface area (Å²) >= 11 is 0. The number of anilines is 1. The van der Waals surface area contributed by atoms with Crippen LogP contribution in [0.4, 0.5) is 5.69 Å². The van der Waals surface area contributed by atoms with Crippen LogP contribution in [-0.4, -0.2) is 5.78 Å². The van der Waals surface area contributed by atoms with Crippen molar-refractivity contribution < 1.29 is 4.79 Å². The van der Waals surface area contributed by atoms with E-state index in [-0.39, 0.29) is 5.78 Å². The highest BCUT2D eigenvalue weighted by Crippen LogP contribution is 2.34. The van der Waals surface area contributed by atoms with Crippen LogP contribution in [0.1, 0.15) is 36.0 Å². The number of hydrogen-bond acceptors (Lipinski definition) is 2. The summed E-state index contributed by atoms with van der Waals surface area (Å²) in [4.78, 5) is 12.2. The lowest BCUT2D eigenvalue weighted by atomic mass is 9.99. The fraction of sp³-hybridized carbons (Fsp3) is 0.312. The molecule has 0 unspecified atom stereocenters. The van der Waals surface area contributed by atoms with Crippen LogP contribution < -0.4 is 5.73 Å². The van der Waals surface area contributed by atoms with Crippen LogP contribution in [0.2, 0.25) is 0 Å². The highest BCUT2D eigenvalue weighted by atomic mass is 16.1. The zero-order valence-corrected chi connectivity index (χ0v) is 10.4. The van der Waals surface area contributed by atoms with Crippen LogP contribution in [0, 0.1) is 5.92 Å². The molecule has 0 heterocycles. The maximum atomic E-state index is 12.2. The summed E-state index contributed by atoms with van der Waals surface area (Å²) in [6.45, 7) is 0. The number of hydrogen-bond donors (Lipinski definition) is 1. The molecule has 0 amide bonds. The third-order valence-corrected chi connectivity index (χ3v) is 3.69. The van der Waals surface area contributed by atoms with Crippen molar-refractivity contribution in [3.63, 3.8) is 0 Å². The van der Waals surface area contributed by atoms with Gasteiger partial charge in [0.05, 0.1) is 0 Å². The topological polar surface area (TPSA) is 43.1 Å². The van der Waals surface area contributed by atoms with Gasteiger partial charge in [0, 0.05) is 17.7 Å². The van der Waals surface area contributed by atoms with Crippen molar-refractivity contribution in [3.05, 3.63) is 42.0 Å². The van der Waals surface area contributed by atoms with Crippen molar-refractivity contribution in [1.82, 2.24) is 0 Å². The van der Waals surface area contributed by atoms with Crippen LogP contribution in [0.15, 0.2) is 36.4 Å². The van der Waals surface area contributed by atoms with Crippen LogP contribution >= 0.6 is 0 Å². The summed E-state index contributed by atoms with van der Waals surface area (Å²) in [5.74, 6) is 0.973. The minimum absolute atomic E-state index is 0.185. The molecule has 2 aromatic carbocycles. The Bertz CT molecular complexity index is 599. The minimum Gasteiger partial charge on any atom is -0.398 e. The second-order valence-corrected chi connectivity index (χ2v) is 5.19. The number of nitrogens with two attached hydrogens (primary N) is 1. The molecule has 1 fully saturated rings. The van der Waals surface area contributed by atoms with E-state index < -0.39 is 0 Å². The van der Waals surface area contributed by atoms with Crippen molar-refractivity contribution in [2.75, 3.05) is 5.73 Å². The number of ketones is 1. The second-order valence-electron chi connectivity index (χ2n) is 5.19. The van der Waals surface area contributed by atoms with E-state index in [0.717, 1.165) is 23.1 Å². The number of carbonyl (C=O) groups is 1. The van der Waals surface area contributed by atoms with Gasteiger partial charge < -0.3 is 5.73 Å². The van der Waals surface area contributed by atoms with E-state index in [1.807, 2.05) is 36.4 Å². The molecule has 1 aliphatic rings. The predicted octanol–water partition coefficient (Wildman–Crippen LogP) is 3.79. The van der Waals surface area contributed by atoms with Gasteiger partial charge in [-0.2, -0.15) is 0 Å². The van der Waals surface area contributed by atoms with Crippen molar-refractivity contribution in [2.45, 2.75) is 25.7 Å². The summed E-state index contributed by atoms with van der Waals surface area (Å²) in [5, 5.41) is 2.18. The van der Waals surface area contributed by atoms with Crippen LogP contribution in [-0.2, 0) is 0 Å². The fourth-order valence-electron chi connectivity index (χ4n) is 2.38. The zero-order chi connectivity index (χ0) is 12.5. The molecular weight excluding hydrogens is 222 g/mol. The molecule has 92 valence electrons. The molecule has 0 aliphatic heterocycles. The van der Waals surface area contributed by atoms with E-state index in [1.165, 1.54) is 12.8 Å². The second kappa shape index (κ2) is 4.45. The number of Topliss-reactive ketones (excluding diaryl/α,β-unsaturated/α-hetero) is 1. The largest absolute Gasteiger partial charge is 0.398 e. The lowest BCUT2D eigenvalue weighted by Crippen LogP contribution is -2.04. The molecule has 0 aromatic heterocycles. The van der Waals surface area contributed by atoms with Gasteiger partial charge in [0.2, 0.25) is 0 Å². The number of rotatable bonds is 4. The average Bonchev–Trinajstić information content (AvgIpc) is 3.19. The first-order valence-electron chi connectivity index (χ1n) is 6.55. The molecule has 2 N–H and O–H groups in total. The lowest BCUT2D eigenvalue weighted by molar-refractivity contribution is 0.0979. The minimum atomic E-state index is 0.185. The molecule has 2 heteroatoms. The fourth-order valence-corrected chi connectivity index (χ4v) is 2.38. The Labute approximate surface area is 107 Å². The summed E-state index contributed by atoms with van der Waals surface area (Å²) in [7, 11) is 0. The molecule has 2 nitrogen and oxygen atoms in total. The first-order chi connectivity index (χ1) is 8.74. The highest BCUT2D eigenvalue weighted by Gasteiger charge is 2.22. The van der Waals surface area contributed by atoms with E-state index in [1.54, 1.807) is 0 Å². The molecule has 0 spiro atoms. The third-order valence-electron chi connectivity index (χ3n) is 3.69. The molecule has 1 aliphatic carbocycles. The molecule has 0 saturated heterocycles. The summed E-state index contributed by atoms with van der Waals surface area (Å²) in [6.07, 6.45) is 4.24. The monoisotopic (exact) mass is 239 g/mol. The van der Waals surface area contributed by atoms with Crippen LogP contribution in [0.3, 0.4) is 0 Å². The molecule has 0 radical (unpaired) electrons. The van der Waals surface area contributed by atoms with Gasteiger partial charge in [-0.05, 0) is 35.2 Å². The molecule has 18 heavy (non-hydrogen) atoms. The van der Waals surface area contributed by atoms with Crippen LogP contribution in [0.25, 0.3) is 10.8 Å². The first-order valence-corrected chi connectivity index (χ1v) is 6.55. The van der Waals surface area contributed by atoms with E-state index in [4.69, 9.17) is 5.73 Å². The van der Waals surface area contributed by atoms with E-state index in [9.17, 15) is 4.79 Å². The van der Waals surface area contributed by atoms with E-state index >= 15 is 0 Å². The third kappa shape index (κ3) is 2.23. The Morgan fingerprint density at radius 2 is 1.83 bits per heavy atom. The smallest absolute Gasteiger partial charge is 0.164 e. The molecular formula is C16H17NO. The van der Waals surface area contributed by atoms with Gasteiger partial charge in [-0.25, -0.2) is 0 Å². The van der Waals surface area contributed by atoms with Gasteiger partial charge in [-0.3, -0.25) is 4.79 Å². The van der Waals surface area contributed by atoms with Crippen molar-refractivity contribution in [1.29, 1.82) is 0 Å². The SMILES string of the molecule is Nc1cc2ccccc2cc1C(=O)CCC1CC1. The normalized spacial score (nSPS) is 14.9. The zero-order valence-electron chi connectivity index (χ0n) is 10.4. The quantitative estimate of drug-likeness (QED) is 0.651. The lowest BCUT2D eigenvalue weighted by Gasteiger charge is -2.07. The molecule has 1 saturated carbocycles. The maximum Gasteiger partial charge on any atom is 0.164 e. The first kappa shape index (κ1) is 11.3. The van der Waals surface area contributed by atoms with Crippen molar-refractivity contribution in [3.8, 4) is 0 Å². The van der Waals surface area contributed by atoms with Crippen molar-refractivity contribution >= 4 is 22.2 Å². The van der Waals surface area contributed by atoms with Gasteiger partial charge in [0.1, 0.15) is 0 Å².